The van der Waals surface area contributed by atoms with Gasteiger partial charge in [0.2, 0.25) is 0 Å². The Labute approximate surface area is 214 Å². The molecule has 0 unspecified atom stereocenters. The molecule has 0 N–H and O–H groups in total. The molecule has 0 atom stereocenters. The van der Waals surface area contributed by atoms with E-state index < -0.39 is 11.6 Å². The Balaban J connectivity index is 1.45. The first-order valence-corrected chi connectivity index (χ1v) is 12.5. The molecule has 0 radical (unpaired) electrons. The molecule has 37 heavy (non-hydrogen) atoms. The van der Waals surface area contributed by atoms with Crippen LogP contribution in [0.25, 0.3) is 22.3 Å². The Bertz CT molecular complexity index is 1440. The molecule has 0 saturated carbocycles. The molecule has 8 nitrogen and oxygen atoms in total. The summed E-state index contributed by atoms with van der Waals surface area (Å²) in [7, 11) is 0. The molecule has 0 amide bonds. The van der Waals surface area contributed by atoms with Gasteiger partial charge in [-0.2, -0.15) is 5.10 Å². The fourth-order valence-corrected chi connectivity index (χ4v) is 4.46. The molecule has 0 bridgehead atoms. The lowest BCUT2D eigenvalue weighted by Crippen LogP contribution is -2.46. The number of hydrogen-bond acceptors (Lipinski definition) is 7. The average molecular weight is 506 g/mol. The largest absolute Gasteiger partial charge is 0.352 e. The first-order valence-electron chi connectivity index (χ1n) is 12.5. The number of aromatic nitrogens is 5. The highest BCUT2D eigenvalue weighted by Gasteiger charge is 2.24. The zero-order chi connectivity index (χ0) is 26.1. The second-order valence-corrected chi connectivity index (χ2v) is 9.56. The summed E-state index contributed by atoms with van der Waals surface area (Å²) in [5, 5.41) is 4.41. The third kappa shape index (κ3) is 5.20. The van der Waals surface area contributed by atoms with Gasteiger partial charge in [0.1, 0.15) is 28.5 Å². The van der Waals surface area contributed by atoms with Crippen molar-refractivity contribution in [1.29, 1.82) is 0 Å². The molecule has 1 aliphatic heterocycles. The first-order chi connectivity index (χ1) is 17.8. The Morgan fingerprint density at radius 3 is 2.49 bits per heavy atom. The highest BCUT2D eigenvalue weighted by Crippen LogP contribution is 2.31. The normalized spacial score (nSPS) is 14.6. The maximum absolute atomic E-state index is 14.2. The molecule has 3 aromatic heterocycles. The zero-order valence-electron chi connectivity index (χ0n) is 21.2. The van der Waals surface area contributed by atoms with E-state index >= 15 is 0 Å². The number of ketones is 1. The van der Waals surface area contributed by atoms with E-state index in [1.165, 1.54) is 12.1 Å². The second kappa shape index (κ2) is 10.3. The summed E-state index contributed by atoms with van der Waals surface area (Å²) in [6.45, 7) is 9.51. The van der Waals surface area contributed by atoms with Crippen molar-refractivity contribution in [1.82, 2.24) is 29.6 Å². The predicted molar refractivity (Wildman–Crippen MR) is 137 cm³/mol. The van der Waals surface area contributed by atoms with E-state index in [1.807, 2.05) is 31.6 Å². The van der Waals surface area contributed by atoms with Gasteiger partial charge >= 0.3 is 0 Å². The number of nitrogens with zero attached hydrogens (tertiary/aromatic N) is 7. The van der Waals surface area contributed by atoms with Crippen molar-refractivity contribution in [2.45, 2.75) is 33.9 Å². The van der Waals surface area contributed by atoms with Crippen LogP contribution in [0.1, 0.15) is 36.8 Å². The summed E-state index contributed by atoms with van der Waals surface area (Å²) in [4.78, 5) is 31.0. The number of carbonyl (C=O) groups excluding carboxylic acids is 1. The van der Waals surface area contributed by atoms with Gasteiger partial charge in [0, 0.05) is 68.6 Å². The van der Waals surface area contributed by atoms with Crippen molar-refractivity contribution in [2.75, 3.05) is 31.1 Å². The van der Waals surface area contributed by atoms with Crippen LogP contribution in [-0.2, 0) is 13.1 Å². The number of halogens is 2. The highest BCUT2D eigenvalue weighted by atomic mass is 19.1. The Morgan fingerprint density at radius 1 is 1.03 bits per heavy atom. The van der Waals surface area contributed by atoms with Crippen molar-refractivity contribution in [3.63, 3.8) is 0 Å². The van der Waals surface area contributed by atoms with E-state index in [9.17, 15) is 13.6 Å². The number of aryl methyl sites for hydroxylation is 1. The number of benzene rings is 1. The van der Waals surface area contributed by atoms with Gasteiger partial charge < -0.3 is 4.90 Å². The minimum absolute atomic E-state index is 0.0415. The number of carbonyl (C=O) groups is 1. The third-order valence-electron chi connectivity index (χ3n) is 6.62. The van der Waals surface area contributed by atoms with E-state index in [4.69, 9.17) is 9.97 Å². The van der Waals surface area contributed by atoms with Gasteiger partial charge in [-0.15, -0.1) is 0 Å². The maximum Gasteiger partial charge on any atom is 0.183 e. The number of anilines is 1. The molecule has 4 heterocycles. The third-order valence-corrected chi connectivity index (χ3v) is 6.62. The van der Waals surface area contributed by atoms with E-state index in [0.29, 0.717) is 66.5 Å². The van der Waals surface area contributed by atoms with Gasteiger partial charge in [0.05, 0.1) is 17.9 Å². The van der Waals surface area contributed by atoms with Gasteiger partial charge in [-0.05, 0) is 19.1 Å². The molecule has 1 aromatic carbocycles. The molecule has 1 fully saturated rings. The Hall–Kier alpha value is -3.79. The number of pyridine rings is 1. The number of rotatable bonds is 7. The monoisotopic (exact) mass is 505 g/mol. The van der Waals surface area contributed by atoms with Crippen molar-refractivity contribution >= 4 is 22.6 Å². The summed E-state index contributed by atoms with van der Waals surface area (Å²) in [6, 6.07) is 5.42. The fourth-order valence-electron chi connectivity index (χ4n) is 4.46. The van der Waals surface area contributed by atoms with Crippen LogP contribution in [0.3, 0.4) is 0 Å². The lowest BCUT2D eigenvalue weighted by atomic mass is 10.1. The van der Waals surface area contributed by atoms with Crippen LogP contribution in [0.5, 0.6) is 0 Å². The minimum atomic E-state index is -0.576. The molecule has 1 saturated heterocycles. The van der Waals surface area contributed by atoms with Crippen LogP contribution in [0, 0.1) is 17.6 Å². The summed E-state index contributed by atoms with van der Waals surface area (Å²) in [5.41, 5.74) is 3.62. The number of fused-ring (bicyclic) bond motifs is 1. The second-order valence-electron chi connectivity index (χ2n) is 9.56. The lowest BCUT2D eigenvalue weighted by Gasteiger charge is -2.36. The average Bonchev–Trinajstić information content (AvgIpc) is 3.38. The van der Waals surface area contributed by atoms with Gasteiger partial charge in [0.15, 0.2) is 11.6 Å². The van der Waals surface area contributed by atoms with Crippen molar-refractivity contribution in [3.8, 4) is 11.3 Å². The van der Waals surface area contributed by atoms with Crippen molar-refractivity contribution in [3.05, 3.63) is 65.7 Å². The standard InChI is InChI=1S/C27H29F2N7O/c1-4-36-16-19(13-31-36)25-27(33-22-12-23(26(37)17(2)3)30-14-24(22)32-25)35-9-7-34(8-10-35)15-18-5-6-20(28)11-21(18)29/h5-6,11-14,16-17H,4,7-10,15H2,1-3H3. The van der Waals surface area contributed by atoms with Gasteiger partial charge in [0.25, 0.3) is 0 Å². The summed E-state index contributed by atoms with van der Waals surface area (Å²) in [5.74, 6) is -0.604. The molecule has 192 valence electrons. The Kier molecular flexibility index (Phi) is 6.92. The van der Waals surface area contributed by atoms with E-state index in [2.05, 4.69) is 19.9 Å². The SMILES string of the molecule is CCn1cc(-c2nc3cnc(C(=O)C(C)C)cc3nc2N2CCN(Cc3ccc(F)cc3F)CC2)cn1. The molecular weight excluding hydrogens is 476 g/mol. The first kappa shape index (κ1) is 24.9. The van der Waals surface area contributed by atoms with Gasteiger partial charge in [-0.3, -0.25) is 19.4 Å². The van der Waals surface area contributed by atoms with Crippen LogP contribution >= 0.6 is 0 Å². The van der Waals surface area contributed by atoms with Gasteiger partial charge in [-0.25, -0.2) is 18.7 Å². The van der Waals surface area contributed by atoms with Crippen LogP contribution in [0.2, 0.25) is 0 Å². The van der Waals surface area contributed by atoms with Crippen molar-refractivity contribution in [2.24, 2.45) is 5.92 Å². The zero-order valence-corrected chi connectivity index (χ0v) is 21.2. The van der Waals surface area contributed by atoms with E-state index in [1.54, 1.807) is 18.5 Å². The molecule has 0 spiro atoms. The molecule has 4 aromatic rings. The molecule has 5 rings (SSSR count). The summed E-state index contributed by atoms with van der Waals surface area (Å²) in [6.07, 6.45) is 5.32. The molecule has 1 aliphatic rings. The topological polar surface area (TPSA) is 80.0 Å². The molecular formula is C27H29F2N7O. The molecule has 0 aliphatic carbocycles. The number of Topliss-reactive ketones (excluding diaryl/α,β-unsaturated/α-hetero) is 1. The van der Waals surface area contributed by atoms with Crippen LogP contribution in [-0.4, -0.2) is 61.6 Å². The van der Waals surface area contributed by atoms with E-state index in [-0.39, 0.29) is 11.7 Å². The maximum atomic E-state index is 14.2. The predicted octanol–water partition coefficient (Wildman–Crippen LogP) is 4.35. The number of hydrogen-bond donors (Lipinski definition) is 0. The van der Waals surface area contributed by atoms with Crippen LogP contribution in [0.15, 0.2) is 42.9 Å². The quantitative estimate of drug-likeness (QED) is 0.346. The van der Waals surface area contributed by atoms with Crippen LogP contribution in [0.4, 0.5) is 14.6 Å². The number of piperazine rings is 1. The lowest BCUT2D eigenvalue weighted by molar-refractivity contribution is 0.0934. The minimum Gasteiger partial charge on any atom is -0.352 e. The van der Waals surface area contributed by atoms with E-state index in [0.717, 1.165) is 18.2 Å². The highest BCUT2D eigenvalue weighted by molar-refractivity contribution is 5.98. The summed E-state index contributed by atoms with van der Waals surface area (Å²) < 4.78 is 29.3. The fraction of sp³-hybridized carbons (Fsp3) is 0.370. The molecule has 10 heteroatoms. The smallest absolute Gasteiger partial charge is 0.183 e. The summed E-state index contributed by atoms with van der Waals surface area (Å²) >= 11 is 0. The van der Waals surface area contributed by atoms with Crippen molar-refractivity contribution < 1.29 is 13.6 Å². The van der Waals surface area contributed by atoms with Gasteiger partial charge in [-0.1, -0.05) is 19.9 Å². The van der Waals surface area contributed by atoms with Crippen LogP contribution < -0.4 is 4.90 Å². The Morgan fingerprint density at radius 2 is 1.81 bits per heavy atom.